The second-order valence-corrected chi connectivity index (χ2v) is 9.90. The number of nitrogens with zero attached hydrogens (tertiary/aromatic N) is 3. The standard InChI is InChI=1S/C31H30BrN3O2/c1-3-7-26-18-25(20-29(32)30(26)37-22-24-12-10-23(2)11-13-24)19-27(21-33)31(36)35-16-14-34(15-17-35)28-8-5-4-6-9-28/h3-6,8-13,18-20H,1,7,14-17,22H2,2H3/b27-19-. The van der Waals surface area contributed by atoms with Gasteiger partial charge in [0.2, 0.25) is 0 Å². The van der Waals surface area contributed by atoms with Crippen LogP contribution in [0, 0.1) is 18.3 Å². The molecule has 0 saturated carbocycles. The highest BCUT2D eigenvalue weighted by Crippen LogP contribution is 2.33. The van der Waals surface area contributed by atoms with E-state index < -0.39 is 0 Å². The molecule has 1 aliphatic heterocycles. The molecule has 0 atom stereocenters. The molecule has 1 aliphatic rings. The Morgan fingerprint density at radius 2 is 1.78 bits per heavy atom. The lowest BCUT2D eigenvalue weighted by molar-refractivity contribution is -0.126. The molecule has 0 bridgehead atoms. The van der Waals surface area contributed by atoms with Crippen molar-refractivity contribution in [2.45, 2.75) is 20.0 Å². The largest absolute Gasteiger partial charge is 0.487 e. The van der Waals surface area contributed by atoms with Gasteiger partial charge in [-0.25, -0.2) is 0 Å². The average molecular weight is 557 g/mol. The number of rotatable bonds is 8. The number of hydrogen-bond acceptors (Lipinski definition) is 4. The molecule has 0 radical (unpaired) electrons. The molecule has 1 fully saturated rings. The second-order valence-electron chi connectivity index (χ2n) is 9.04. The van der Waals surface area contributed by atoms with Crippen molar-refractivity contribution in [2.75, 3.05) is 31.1 Å². The van der Waals surface area contributed by atoms with Crippen molar-refractivity contribution in [1.82, 2.24) is 4.90 Å². The number of ether oxygens (including phenoxy) is 1. The predicted molar refractivity (Wildman–Crippen MR) is 152 cm³/mol. The summed E-state index contributed by atoms with van der Waals surface area (Å²) in [5.41, 5.74) is 5.25. The molecule has 6 heteroatoms. The summed E-state index contributed by atoms with van der Waals surface area (Å²) >= 11 is 3.64. The summed E-state index contributed by atoms with van der Waals surface area (Å²) in [5.74, 6) is 0.496. The van der Waals surface area contributed by atoms with E-state index in [1.54, 1.807) is 11.0 Å². The minimum Gasteiger partial charge on any atom is -0.487 e. The topological polar surface area (TPSA) is 56.6 Å². The first-order valence-electron chi connectivity index (χ1n) is 12.3. The number of hydrogen-bond donors (Lipinski definition) is 0. The molecule has 37 heavy (non-hydrogen) atoms. The zero-order chi connectivity index (χ0) is 26.2. The zero-order valence-electron chi connectivity index (χ0n) is 21.0. The molecule has 0 N–H and O–H groups in total. The van der Waals surface area contributed by atoms with E-state index in [0.717, 1.165) is 45.7 Å². The quantitative estimate of drug-likeness (QED) is 0.185. The van der Waals surface area contributed by atoms with Crippen molar-refractivity contribution >= 4 is 33.6 Å². The van der Waals surface area contributed by atoms with E-state index in [1.807, 2.05) is 36.4 Å². The van der Waals surface area contributed by atoms with E-state index in [2.05, 4.69) is 76.8 Å². The summed E-state index contributed by atoms with van der Waals surface area (Å²) < 4.78 is 6.93. The van der Waals surface area contributed by atoms with Crippen LogP contribution in [-0.2, 0) is 17.8 Å². The number of nitriles is 1. The Kier molecular flexibility index (Phi) is 8.81. The zero-order valence-corrected chi connectivity index (χ0v) is 22.6. The molecule has 5 nitrogen and oxygen atoms in total. The van der Waals surface area contributed by atoms with Crippen molar-refractivity contribution in [3.63, 3.8) is 0 Å². The van der Waals surface area contributed by atoms with E-state index in [9.17, 15) is 10.1 Å². The SMILES string of the molecule is C=CCc1cc(/C=C(/C#N)C(=O)N2CCN(c3ccccc3)CC2)cc(Br)c1OCc1ccc(C)cc1. The third-order valence-corrected chi connectivity index (χ3v) is 6.95. The van der Waals surface area contributed by atoms with Crippen molar-refractivity contribution in [3.8, 4) is 11.8 Å². The number of piperazine rings is 1. The Morgan fingerprint density at radius 1 is 1.08 bits per heavy atom. The number of allylic oxidation sites excluding steroid dienone is 1. The number of para-hydroxylation sites is 1. The number of carbonyl (C=O) groups excluding carboxylic acids is 1. The Morgan fingerprint density at radius 3 is 2.43 bits per heavy atom. The van der Waals surface area contributed by atoms with Crippen molar-refractivity contribution < 1.29 is 9.53 Å². The number of halogens is 1. The predicted octanol–water partition coefficient (Wildman–Crippen LogP) is 6.32. The van der Waals surface area contributed by atoms with Gasteiger partial charge in [0.1, 0.15) is 24.0 Å². The molecule has 0 spiro atoms. The van der Waals surface area contributed by atoms with Crippen LogP contribution in [0.5, 0.6) is 5.75 Å². The van der Waals surface area contributed by atoms with Gasteiger partial charge in [-0.05, 0) is 76.3 Å². The Balaban J connectivity index is 1.49. The van der Waals surface area contributed by atoms with Gasteiger partial charge >= 0.3 is 0 Å². The molecular weight excluding hydrogens is 526 g/mol. The van der Waals surface area contributed by atoms with Gasteiger partial charge in [-0.1, -0.05) is 54.1 Å². The van der Waals surface area contributed by atoms with Crippen LogP contribution < -0.4 is 9.64 Å². The third kappa shape index (κ3) is 6.69. The molecule has 0 aliphatic carbocycles. The molecule has 1 amide bonds. The fourth-order valence-electron chi connectivity index (χ4n) is 4.35. The van der Waals surface area contributed by atoms with Crippen molar-refractivity contribution in [2.24, 2.45) is 0 Å². The van der Waals surface area contributed by atoms with E-state index in [1.165, 1.54) is 5.56 Å². The normalized spacial score (nSPS) is 13.7. The fraction of sp³-hybridized carbons (Fsp3) is 0.226. The molecule has 188 valence electrons. The van der Waals surface area contributed by atoms with Gasteiger partial charge in [-0.3, -0.25) is 4.79 Å². The number of amides is 1. The van der Waals surface area contributed by atoms with E-state index in [0.29, 0.717) is 26.1 Å². The first-order chi connectivity index (χ1) is 18.0. The van der Waals surface area contributed by atoms with Crippen molar-refractivity contribution in [1.29, 1.82) is 5.26 Å². The third-order valence-electron chi connectivity index (χ3n) is 6.36. The lowest BCUT2D eigenvalue weighted by atomic mass is 10.0. The van der Waals surface area contributed by atoms with Gasteiger partial charge in [0.25, 0.3) is 5.91 Å². The highest BCUT2D eigenvalue weighted by atomic mass is 79.9. The minimum absolute atomic E-state index is 0.123. The first-order valence-corrected chi connectivity index (χ1v) is 13.1. The fourth-order valence-corrected chi connectivity index (χ4v) is 4.98. The summed E-state index contributed by atoms with van der Waals surface area (Å²) in [6, 6.07) is 24.4. The number of anilines is 1. The number of aryl methyl sites for hydroxylation is 1. The number of carbonyl (C=O) groups is 1. The van der Waals surface area contributed by atoms with Crippen LogP contribution in [0.4, 0.5) is 5.69 Å². The molecule has 0 unspecified atom stereocenters. The van der Waals surface area contributed by atoms with E-state index >= 15 is 0 Å². The molecule has 3 aromatic rings. The van der Waals surface area contributed by atoms with Gasteiger partial charge in [-0.15, -0.1) is 6.58 Å². The highest BCUT2D eigenvalue weighted by Gasteiger charge is 2.24. The summed E-state index contributed by atoms with van der Waals surface area (Å²) in [4.78, 5) is 17.2. The molecule has 1 saturated heterocycles. The number of benzene rings is 3. The van der Waals surface area contributed by atoms with Gasteiger partial charge in [0, 0.05) is 31.9 Å². The maximum Gasteiger partial charge on any atom is 0.264 e. The lowest BCUT2D eigenvalue weighted by Crippen LogP contribution is -2.49. The maximum absolute atomic E-state index is 13.2. The van der Waals surface area contributed by atoms with Gasteiger partial charge in [-0.2, -0.15) is 5.26 Å². The highest BCUT2D eigenvalue weighted by molar-refractivity contribution is 9.10. The molecule has 0 aromatic heterocycles. The summed E-state index contributed by atoms with van der Waals surface area (Å²) in [7, 11) is 0. The van der Waals surface area contributed by atoms with Crippen molar-refractivity contribution in [3.05, 3.63) is 112 Å². The Labute approximate surface area is 227 Å². The summed E-state index contributed by atoms with van der Waals surface area (Å²) in [5, 5.41) is 9.82. The Bertz CT molecular complexity index is 1320. The Hall–Kier alpha value is -3.82. The van der Waals surface area contributed by atoms with Crippen LogP contribution in [0.1, 0.15) is 22.3 Å². The van der Waals surface area contributed by atoms with Gasteiger partial charge in [0.15, 0.2) is 0 Å². The monoisotopic (exact) mass is 555 g/mol. The molecule has 3 aromatic carbocycles. The molecule has 4 rings (SSSR count). The van der Waals surface area contributed by atoms with Gasteiger partial charge < -0.3 is 14.5 Å². The summed E-state index contributed by atoms with van der Waals surface area (Å²) in [6.07, 6.45) is 4.07. The second kappa shape index (κ2) is 12.4. The van der Waals surface area contributed by atoms with Crippen LogP contribution in [0.2, 0.25) is 0 Å². The van der Waals surface area contributed by atoms with E-state index in [4.69, 9.17) is 4.74 Å². The van der Waals surface area contributed by atoms with Crippen LogP contribution in [0.3, 0.4) is 0 Å². The smallest absolute Gasteiger partial charge is 0.264 e. The van der Waals surface area contributed by atoms with Crippen LogP contribution in [-0.4, -0.2) is 37.0 Å². The maximum atomic E-state index is 13.2. The lowest BCUT2D eigenvalue weighted by Gasteiger charge is -2.36. The van der Waals surface area contributed by atoms with E-state index in [-0.39, 0.29) is 11.5 Å². The minimum atomic E-state index is -0.240. The first kappa shape index (κ1) is 26.2. The molecular formula is C31H30BrN3O2. The molecule has 1 heterocycles. The summed E-state index contributed by atoms with van der Waals surface area (Å²) in [6.45, 7) is 8.98. The average Bonchev–Trinajstić information content (AvgIpc) is 2.92. The van der Waals surface area contributed by atoms with Gasteiger partial charge in [0.05, 0.1) is 4.47 Å². The van der Waals surface area contributed by atoms with Crippen LogP contribution >= 0.6 is 15.9 Å². The van der Waals surface area contributed by atoms with Crippen LogP contribution in [0.15, 0.2) is 89.4 Å². The van der Waals surface area contributed by atoms with Crippen LogP contribution in [0.25, 0.3) is 6.08 Å².